The van der Waals surface area contributed by atoms with Gasteiger partial charge in [-0.25, -0.2) is 0 Å². The molecule has 0 bridgehead atoms. The van der Waals surface area contributed by atoms with Gasteiger partial charge in [-0.15, -0.1) is 0 Å². The second-order valence-electron chi connectivity index (χ2n) is 9.38. The molecule has 2 heterocycles. The van der Waals surface area contributed by atoms with Gasteiger partial charge in [0.25, 0.3) is 0 Å². The molecule has 0 fully saturated rings. The maximum absolute atomic E-state index is 7.45. The van der Waals surface area contributed by atoms with Gasteiger partial charge in [-0.3, -0.25) is 0 Å². The van der Waals surface area contributed by atoms with Crippen molar-refractivity contribution in [2.24, 2.45) is 5.10 Å². The van der Waals surface area contributed by atoms with E-state index in [4.69, 9.17) is 9.63 Å². The molecule has 0 aromatic heterocycles. The molecule has 0 saturated carbocycles. The van der Waals surface area contributed by atoms with Gasteiger partial charge in [-0.1, -0.05) is 0 Å². The summed E-state index contributed by atoms with van der Waals surface area (Å²) in [5, 5.41) is 10.6. The van der Waals surface area contributed by atoms with Crippen LogP contribution in [-0.2, 0) is 0 Å². The van der Waals surface area contributed by atoms with Gasteiger partial charge >= 0.3 is 217 Å². The Morgan fingerprint density at radius 2 is 1.19 bits per heavy atom. The van der Waals surface area contributed by atoms with Gasteiger partial charge in [-0.05, 0) is 0 Å². The third kappa shape index (κ3) is 3.09. The van der Waals surface area contributed by atoms with E-state index in [1.54, 1.807) is 0 Å². The van der Waals surface area contributed by atoms with Gasteiger partial charge in [0.05, 0.1) is 0 Å². The Balaban J connectivity index is 1.63. The molecule has 180 valence electrons. The molecule has 0 radical (unpaired) electrons. The molecule has 1 N–H and O–H groups in total. The van der Waals surface area contributed by atoms with E-state index in [1.807, 2.05) is 18.2 Å². The summed E-state index contributed by atoms with van der Waals surface area (Å²) in [5.74, 6) is 0.843. The Bertz CT molecular complexity index is 1570. The summed E-state index contributed by atoms with van der Waals surface area (Å²) in [7, 11) is -3.84. The quantitative estimate of drug-likeness (QED) is 0.257. The summed E-state index contributed by atoms with van der Waals surface area (Å²) in [6.45, 7) is 0. The molecular formula is C32H26N3OP. The van der Waals surface area contributed by atoms with Crippen LogP contribution in [-0.4, -0.2) is 5.71 Å². The van der Waals surface area contributed by atoms with E-state index < -0.39 is 7.13 Å². The van der Waals surface area contributed by atoms with E-state index in [2.05, 4.69) is 137 Å². The van der Waals surface area contributed by atoms with E-state index in [1.165, 1.54) is 0 Å². The number of anilines is 2. The van der Waals surface area contributed by atoms with Crippen molar-refractivity contribution in [2.45, 2.75) is 5.66 Å². The van der Waals surface area contributed by atoms with Crippen LogP contribution >= 0.6 is 7.13 Å². The van der Waals surface area contributed by atoms with E-state index in [9.17, 15) is 0 Å². The zero-order chi connectivity index (χ0) is 24.7. The number of benzene rings is 5. The Hall–Kier alpha value is -4.40. The van der Waals surface area contributed by atoms with E-state index in [-0.39, 0.29) is 5.66 Å². The SMILES string of the molecule is c1ccc(C2=NN(c3ccccc3)P3(c4ccccc4)(Nc4ccccc4O3)[C@H]2c2ccccc2)cc1. The van der Waals surface area contributed by atoms with Crippen LogP contribution in [0.5, 0.6) is 5.75 Å². The van der Waals surface area contributed by atoms with Crippen molar-refractivity contribution in [3.05, 3.63) is 157 Å². The topological polar surface area (TPSA) is 36.9 Å². The molecule has 5 heteroatoms. The fourth-order valence-corrected chi connectivity index (χ4v) is 11.3. The van der Waals surface area contributed by atoms with Crippen molar-refractivity contribution in [3.63, 3.8) is 0 Å². The Labute approximate surface area is 217 Å². The molecule has 0 saturated heterocycles. The molecule has 0 aliphatic carbocycles. The van der Waals surface area contributed by atoms with Crippen molar-refractivity contribution < 1.29 is 4.52 Å². The van der Waals surface area contributed by atoms with Gasteiger partial charge in [-0.2, -0.15) is 0 Å². The number of para-hydroxylation sites is 3. The van der Waals surface area contributed by atoms with Crippen LogP contribution in [0.2, 0.25) is 0 Å². The van der Waals surface area contributed by atoms with Crippen LogP contribution in [0.3, 0.4) is 0 Å². The number of nitrogens with one attached hydrogen (secondary N) is 1. The summed E-state index contributed by atoms with van der Waals surface area (Å²) in [5.41, 5.74) is 5.00. The van der Waals surface area contributed by atoms with Crippen LogP contribution in [0, 0.1) is 0 Å². The molecule has 5 aromatic rings. The van der Waals surface area contributed by atoms with Crippen molar-refractivity contribution in [1.82, 2.24) is 0 Å². The monoisotopic (exact) mass is 499 g/mol. The van der Waals surface area contributed by atoms with E-state index >= 15 is 0 Å². The average molecular weight is 500 g/mol. The van der Waals surface area contributed by atoms with Crippen molar-refractivity contribution >= 4 is 29.5 Å². The van der Waals surface area contributed by atoms with Gasteiger partial charge in [0, 0.05) is 0 Å². The number of rotatable bonds is 4. The number of hydrogen-bond donors (Lipinski definition) is 1. The number of fused-ring (bicyclic) bond motifs is 1. The first-order chi connectivity index (χ1) is 18.3. The Kier molecular flexibility index (Phi) is 4.92. The molecule has 7 rings (SSSR count). The molecule has 0 amide bonds. The third-order valence-corrected chi connectivity index (χ3v) is 12.4. The number of hydrogen-bond acceptors (Lipinski definition) is 4. The molecule has 1 atom stereocenters. The molecule has 0 unspecified atom stereocenters. The molecule has 4 nitrogen and oxygen atoms in total. The third-order valence-electron chi connectivity index (χ3n) is 7.25. The summed E-state index contributed by atoms with van der Waals surface area (Å²) in [4.78, 5) is 0. The van der Waals surface area contributed by atoms with Crippen LogP contribution < -0.4 is 19.7 Å². The van der Waals surface area contributed by atoms with Crippen molar-refractivity contribution in [1.29, 1.82) is 0 Å². The fourth-order valence-electron chi connectivity index (χ4n) is 5.71. The predicted octanol–water partition coefficient (Wildman–Crippen LogP) is 7.78. The van der Waals surface area contributed by atoms with Crippen LogP contribution in [0.15, 0.2) is 151 Å². The Morgan fingerprint density at radius 1 is 0.622 bits per heavy atom. The summed E-state index contributed by atoms with van der Waals surface area (Å²) >= 11 is 0. The first-order valence-electron chi connectivity index (χ1n) is 12.5. The summed E-state index contributed by atoms with van der Waals surface area (Å²) in [6.07, 6.45) is 0. The summed E-state index contributed by atoms with van der Waals surface area (Å²) in [6, 6.07) is 50.4. The summed E-state index contributed by atoms with van der Waals surface area (Å²) < 4.78 is 9.63. The van der Waals surface area contributed by atoms with Crippen LogP contribution in [0.25, 0.3) is 0 Å². The first-order valence-corrected chi connectivity index (χ1v) is 14.7. The first kappa shape index (κ1) is 21.8. The van der Waals surface area contributed by atoms with Gasteiger partial charge in [0.1, 0.15) is 0 Å². The Morgan fingerprint density at radius 3 is 1.86 bits per heavy atom. The normalized spacial score (nSPS) is 19.7. The second-order valence-corrected chi connectivity index (χ2v) is 13.3. The van der Waals surface area contributed by atoms with Gasteiger partial charge in [0.2, 0.25) is 0 Å². The number of nitrogens with zero attached hydrogens (tertiary/aromatic N) is 2. The molecule has 1 spiro atoms. The van der Waals surface area contributed by atoms with Gasteiger partial charge in [0.15, 0.2) is 0 Å². The molecule has 2 aliphatic rings. The average Bonchev–Trinajstić information content (AvgIpc) is 3.49. The minimum atomic E-state index is -3.84. The number of hydrazone groups is 1. The minimum absolute atomic E-state index is 0.190. The maximum atomic E-state index is 7.45. The standard InChI is InChI=1S/C32H26N3OP/c1-5-15-25(16-6-1)31-32(26-17-7-2-8-18-26)37(28-21-11-4-12-22-28,34-29-23-13-14-24-30(29)36-37)35(33-31)27-19-9-3-10-20-27/h1-24,32,34H/t32-/m0/s1. The van der Waals surface area contributed by atoms with Crippen LogP contribution in [0.1, 0.15) is 16.8 Å². The van der Waals surface area contributed by atoms with Crippen LogP contribution in [0.4, 0.5) is 11.4 Å². The predicted molar refractivity (Wildman–Crippen MR) is 155 cm³/mol. The zero-order valence-corrected chi connectivity index (χ0v) is 21.1. The van der Waals surface area contributed by atoms with E-state index in [0.29, 0.717) is 0 Å². The zero-order valence-electron chi connectivity index (χ0n) is 20.2. The molecule has 5 aromatic carbocycles. The second kappa shape index (κ2) is 8.33. The fraction of sp³-hybridized carbons (Fsp3) is 0.0312. The van der Waals surface area contributed by atoms with Gasteiger partial charge < -0.3 is 0 Å². The molecular weight excluding hydrogens is 473 g/mol. The van der Waals surface area contributed by atoms with E-state index in [0.717, 1.165) is 39.3 Å². The van der Waals surface area contributed by atoms with Crippen molar-refractivity contribution in [3.8, 4) is 5.75 Å². The molecule has 37 heavy (non-hydrogen) atoms. The van der Waals surface area contributed by atoms with Crippen molar-refractivity contribution in [2.75, 3.05) is 9.87 Å². The molecule has 2 aliphatic heterocycles.